The molecule has 0 bridgehead atoms. The third-order valence-corrected chi connectivity index (χ3v) is 5.61. The zero-order chi connectivity index (χ0) is 22.4. The molecule has 2 aromatic rings. The number of benzene rings is 2. The summed E-state index contributed by atoms with van der Waals surface area (Å²) in [5.74, 6) is 0.914. The van der Waals surface area contributed by atoms with Crippen molar-refractivity contribution in [3.05, 3.63) is 95.1 Å². The van der Waals surface area contributed by atoms with E-state index < -0.39 is 0 Å². The Morgan fingerprint density at radius 3 is 2.68 bits per heavy atom. The van der Waals surface area contributed by atoms with Crippen LogP contribution in [-0.4, -0.2) is 24.0 Å². The molecule has 0 saturated carbocycles. The Hall–Kier alpha value is -3.27. The molecule has 0 fully saturated rings. The number of fused-ring (bicyclic) bond motifs is 1. The number of aryl methyl sites for hydroxylation is 1. The smallest absolute Gasteiger partial charge is 0.258 e. The van der Waals surface area contributed by atoms with Crippen molar-refractivity contribution in [2.45, 2.75) is 40.3 Å². The Bertz CT molecular complexity index is 1020. The number of anilines is 1. The maximum atomic E-state index is 13.5. The van der Waals surface area contributed by atoms with E-state index >= 15 is 0 Å². The van der Waals surface area contributed by atoms with Crippen LogP contribution in [-0.2, 0) is 6.42 Å². The lowest BCUT2D eigenvalue weighted by molar-refractivity contribution is 0.0703. The lowest BCUT2D eigenvalue weighted by atomic mass is 9.99. The summed E-state index contributed by atoms with van der Waals surface area (Å²) in [5.41, 5.74) is 5.85. The van der Waals surface area contributed by atoms with E-state index in [1.54, 1.807) is 0 Å². The van der Waals surface area contributed by atoms with E-state index in [4.69, 9.17) is 4.74 Å². The summed E-state index contributed by atoms with van der Waals surface area (Å²) in [6, 6.07) is 13.9. The van der Waals surface area contributed by atoms with Crippen molar-refractivity contribution in [1.82, 2.24) is 4.90 Å². The van der Waals surface area contributed by atoms with Gasteiger partial charge in [-0.2, -0.15) is 0 Å². The standard InChI is InChI=1S/C27H32N2O2/c1-6-12-19(5)21(8-3)18-29-26(28-24-14-11-10-13-23(24)27(29)30)22-15-16-25(31-9-4)20(7-2)17-22/h6,8,10-17,26,28H,3,7,9,18H2,1-2,4-5H3/b12-6-,21-19+. The molecule has 0 aromatic heterocycles. The normalized spacial score (nSPS) is 16.6. The van der Waals surface area contributed by atoms with Crippen molar-refractivity contribution < 1.29 is 9.53 Å². The first kappa shape index (κ1) is 22.4. The molecule has 1 aliphatic rings. The SMILES string of the molecule is C=C/C(CN1C(=O)c2ccccc2NC1c1ccc(OCC)c(CC)c1)=C(C)\C=C/C. The van der Waals surface area contributed by atoms with Gasteiger partial charge < -0.3 is 15.0 Å². The van der Waals surface area contributed by atoms with Gasteiger partial charge in [-0.25, -0.2) is 0 Å². The second-order valence-electron chi connectivity index (χ2n) is 7.59. The predicted octanol–water partition coefficient (Wildman–Crippen LogP) is 6.29. The molecular weight excluding hydrogens is 384 g/mol. The fourth-order valence-electron chi connectivity index (χ4n) is 3.95. The monoisotopic (exact) mass is 416 g/mol. The second kappa shape index (κ2) is 10.2. The highest BCUT2D eigenvalue weighted by Gasteiger charge is 2.33. The van der Waals surface area contributed by atoms with Gasteiger partial charge in [-0.15, -0.1) is 0 Å². The average molecular weight is 417 g/mol. The predicted molar refractivity (Wildman–Crippen MR) is 129 cm³/mol. The molecular formula is C27H32N2O2. The first-order valence-electron chi connectivity index (χ1n) is 10.9. The highest BCUT2D eigenvalue weighted by Crippen LogP contribution is 2.35. The van der Waals surface area contributed by atoms with Crippen molar-refractivity contribution in [3.63, 3.8) is 0 Å². The molecule has 1 aliphatic heterocycles. The van der Waals surface area contributed by atoms with Crippen LogP contribution in [0.5, 0.6) is 5.75 Å². The molecule has 0 spiro atoms. The summed E-state index contributed by atoms with van der Waals surface area (Å²) in [5, 5.41) is 3.59. The van der Waals surface area contributed by atoms with Gasteiger partial charge >= 0.3 is 0 Å². The molecule has 1 heterocycles. The molecule has 4 nitrogen and oxygen atoms in total. The molecule has 0 aliphatic carbocycles. The van der Waals surface area contributed by atoms with Gasteiger partial charge in [-0.05, 0) is 73.7 Å². The lowest BCUT2D eigenvalue weighted by Crippen LogP contribution is -2.44. The molecule has 1 atom stereocenters. The Morgan fingerprint density at radius 1 is 1.23 bits per heavy atom. The van der Waals surface area contributed by atoms with E-state index in [0.717, 1.165) is 40.1 Å². The summed E-state index contributed by atoms with van der Waals surface area (Å²) in [4.78, 5) is 15.4. The zero-order valence-corrected chi connectivity index (χ0v) is 18.9. The summed E-state index contributed by atoms with van der Waals surface area (Å²) >= 11 is 0. The lowest BCUT2D eigenvalue weighted by Gasteiger charge is -2.39. The summed E-state index contributed by atoms with van der Waals surface area (Å²) in [6.45, 7) is 13.2. The van der Waals surface area contributed by atoms with Crippen LogP contribution in [0.15, 0.2) is 78.4 Å². The topological polar surface area (TPSA) is 41.6 Å². The Balaban J connectivity index is 2.08. The van der Waals surface area contributed by atoms with Crippen molar-refractivity contribution in [3.8, 4) is 5.75 Å². The molecule has 1 N–H and O–H groups in total. The number of allylic oxidation sites excluding steroid dienone is 3. The number of hydrogen-bond donors (Lipinski definition) is 1. The van der Waals surface area contributed by atoms with Gasteiger partial charge in [-0.3, -0.25) is 4.79 Å². The molecule has 162 valence electrons. The molecule has 4 heteroatoms. The fourth-order valence-corrected chi connectivity index (χ4v) is 3.95. The Labute approximate surface area is 185 Å². The number of amides is 1. The Kier molecular flexibility index (Phi) is 7.35. The van der Waals surface area contributed by atoms with Crippen LogP contribution in [0.25, 0.3) is 0 Å². The quantitative estimate of drug-likeness (QED) is 0.514. The number of nitrogens with one attached hydrogen (secondary N) is 1. The van der Waals surface area contributed by atoms with Crippen LogP contribution in [0.4, 0.5) is 5.69 Å². The van der Waals surface area contributed by atoms with Crippen LogP contribution in [0.2, 0.25) is 0 Å². The number of nitrogens with zero attached hydrogens (tertiary/aromatic N) is 1. The summed E-state index contributed by atoms with van der Waals surface area (Å²) in [7, 11) is 0. The van der Waals surface area contributed by atoms with Gasteiger partial charge in [-0.1, -0.05) is 49.9 Å². The molecule has 3 rings (SSSR count). The molecule has 0 saturated heterocycles. The first-order valence-corrected chi connectivity index (χ1v) is 10.9. The van der Waals surface area contributed by atoms with E-state index in [2.05, 4.69) is 24.9 Å². The molecule has 0 radical (unpaired) electrons. The van der Waals surface area contributed by atoms with Crippen molar-refractivity contribution in [2.24, 2.45) is 0 Å². The van der Waals surface area contributed by atoms with E-state index in [1.807, 2.05) is 80.3 Å². The summed E-state index contributed by atoms with van der Waals surface area (Å²) < 4.78 is 5.79. The van der Waals surface area contributed by atoms with Crippen molar-refractivity contribution in [1.29, 1.82) is 0 Å². The minimum Gasteiger partial charge on any atom is -0.494 e. The molecule has 1 amide bonds. The highest BCUT2D eigenvalue weighted by atomic mass is 16.5. The molecule has 31 heavy (non-hydrogen) atoms. The van der Waals surface area contributed by atoms with E-state index in [1.165, 1.54) is 0 Å². The number of carbonyl (C=O) groups is 1. The minimum absolute atomic E-state index is 0.0129. The van der Waals surface area contributed by atoms with Gasteiger partial charge in [0.05, 0.1) is 12.2 Å². The second-order valence-corrected chi connectivity index (χ2v) is 7.59. The maximum Gasteiger partial charge on any atom is 0.258 e. The number of para-hydroxylation sites is 1. The third kappa shape index (κ3) is 4.74. The van der Waals surface area contributed by atoms with E-state index in [-0.39, 0.29) is 12.1 Å². The van der Waals surface area contributed by atoms with Crippen molar-refractivity contribution >= 4 is 11.6 Å². The van der Waals surface area contributed by atoms with Gasteiger partial charge in [0.1, 0.15) is 11.9 Å². The van der Waals surface area contributed by atoms with Crippen molar-refractivity contribution in [2.75, 3.05) is 18.5 Å². The largest absolute Gasteiger partial charge is 0.494 e. The van der Waals surface area contributed by atoms with Crippen LogP contribution < -0.4 is 10.1 Å². The Morgan fingerprint density at radius 2 is 2.00 bits per heavy atom. The van der Waals surface area contributed by atoms with Crippen LogP contribution in [0, 0.1) is 0 Å². The van der Waals surface area contributed by atoms with Gasteiger partial charge in [0, 0.05) is 12.2 Å². The summed E-state index contributed by atoms with van der Waals surface area (Å²) in [6.07, 6.45) is 6.47. The number of carbonyl (C=O) groups excluding carboxylic acids is 1. The highest BCUT2D eigenvalue weighted by molar-refractivity contribution is 6.01. The van der Waals surface area contributed by atoms with Crippen LogP contribution >= 0.6 is 0 Å². The zero-order valence-electron chi connectivity index (χ0n) is 18.9. The van der Waals surface area contributed by atoms with E-state index in [0.29, 0.717) is 18.7 Å². The average Bonchev–Trinajstić information content (AvgIpc) is 2.79. The van der Waals surface area contributed by atoms with Crippen LogP contribution in [0.3, 0.4) is 0 Å². The van der Waals surface area contributed by atoms with Gasteiger partial charge in [0.25, 0.3) is 5.91 Å². The fraction of sp³-hybridized carbons (Fsp3) is 0.296. The number of ether oxygens (including phenoxy) is 1. The maximum absolute atomic E-state index is 13.5. The van der Waals surface area contributed by atoms with Gasteiger partial charge in [0.15, 0.2) is 0 Å². The van der Waals surface area contributed by atoms with Crippen LogP contribution in [0.1, 0.15) is 55.3 Å². The third-order valence-electron chi connectivity index (χ3n) is 5.61. The van der Waals surface area contributed by atoms with Gasteiger partial charge in [0.2, 0.25) is 0 Å². The first-order chi connectivity index (χ1) is 15.0. The van der Waals surface area contributed by atoms with E-state index in [9.17, 15) is 4.79 Å². The minimum atomic E-state index is -0.281. The molecule has 2 aromatic carbocycles. The molecule has 1 unspecified atom stereocenters. The number of rotatable bonds is 8. The number of hydrogen-bond acceptors (Lipinski definition) is 3.